The number of carbonyl (C=O) groups excluding carboxylic acids is 1. The monoisotopic (exact) mass is 540 g/mol. The van der Waals surface area contributed by atoms with Gasteiger partial charge in [-0.25, -0.2) is 8.42 Å². The zero-order valence-corrected chi connectivity index (χ0v) is 22.8. The van der Waals surface area contributed by atoms with Gasteiger partial charge in [-0.15, -0.1) is 11.3 Å². The third-order valence-electron chi connectivity index (χ3n) is 7.01. The summed E-state index contributed by atoms with van der Waals surface area (Å²) in [6, 6.07) is 16.0. The van der Waals surface area contributed by atoms with Gasteiger partial charge in [0.25, 0.3) is 0 Å². The molecule has 1 fully saturated rings. The van der Waals surface area contributed by atoms with Crippen LogP contribution in [-0.2, 0) is 21.2 Å². The molecule has 0 radical (unpaired) electrons. The van der Waals surface area contributed by atoms with Crippen molar-refractivity contribution >= 4 is 27.3 Å². The van der Waals surface area contributed by atoms with E-state index in [1.54, 1.807) is 47.6 Å². The van der Waals surface area contributed by atoms with E-state index in [1.807, 2.05) is 42.6 Å². The van der Waals surface area contributed by atoms with Crippen LogP contribution in [0, 0.1) is 12.8 Å². The number of aryl methyl sites for hydroxylation is 1. The molecule has 2 aromatic carbocycles. The first-order chi connectivity index (χ1) is 17.9. The fourth-order valence-corrected chi connectivity index (χ4v) is 7.11. The van der Waals surface area contributed by atoms with Crippen LogP contribution in [0.2, 0.25) is 0 Å². The molecule has 0 unspecified atom stereocenters. The molecule has 196 valence electrons. The number of fused-ring (bicyclic) bond motifs is 1. The van der Waals surface area contributed by atoms with Crippen LogP contribution in [0.25, 0.3) is 0 Å². The molecule has 0 bridgehead atoms. The zero-order chi connectivity index (χ0) is 26.0. The Bertz CT molecular complexity index is 1350. The Hall–Kier alpha value is -2.88. The standard InChI is InChI=1S/C28H32N2O5S2/c1-20-7-11-22(12-8-20)37(32,33)29(17-21-9-10-21)18-28(31)30-15-13-27-23(14-16-36-27)24(30)19-35-26-6-4-3-5-25(26)34-2/h3-8,11-12,14,16,21,24H,9-10,13,15,17-19H2,1-2H3/t24-/m1/s1. The lowest BCUT2D eigenvalue weighted by molar-refractivity contribution is -0.135. The van der Waals surface area contributed by atoms with Gasteiger partial charge in [-0.3, -0.25) is 4.79 Å². The predicted octanol–water partition coefficient (Wildman–Crippen LogP) is 4.67. The van der Waals surface area contributed by atoms with E-state index in [1.165, 1.54) is 9.18 Å². The highest BCUT2D eigenvalue weighted by Crippen LogP contribution is 2.36. The number of ether oxygens (including phenoxy) is 2. The van der Waals surface area contributed by atoms with E-state index >= 15 is 0 Å². The van der Waals surface area contributed by atoms with Crippen molar-refractivity contribution in [3.8, 4) is 11.5 Å². The summed E-state index contributed by atoms with van der Waals surface area (Å²) in [4.78, 5) is 17.0. The maximum atomic E-state index is 13.8. The van der Waals surface area contributed by atoms with Crippen LogP contribution in [0.3, 0.4) is 0 Å². The van der Waals surface area contributed by atoms with Gasteiger partial charge in [-0.2, -0.15) is 4.31 Å². The highest BCUT2D eigenvalue weighted by Gasteiger charge is 2.37. The summed E-state index contributed by atoms with van der Waals surface area (Å²) >= 11 is 1.68. The molecule has 0 N–H and O–H groups in total. The molecular weight excluding hydrogens is 508 g/mol. The molecular formula is C28H32N2O5S2. The number of hydrogen-bond donors (Lipinski definition) is 0. The Balaban J connectivity index is 1.38. The number of hydrogen-bond acceptors (Lipinski definition) is 6. The van der Waals surface area contributed by atoms with Crippen molar-refractivity contribution in [2.45, 2.75) is 37.1 Å². The molecule has 1 aromatic heterocycles. The van der Waals surface area contributed by atoms with Gasteiger partial charge in [0.15, 0.2) is 11.5 Å². The minimum atomic E-state index is -3.80. The van der Waals surface area contributed by atoms with Crippen molar-refractivity contribution in [1.82, 2.24) is 9.21 Å². The SMILES string of the molecule is COc1ccccc1OC[C@@H]1c2ccsc2CCN1C(=O)CN(CC1CC1)S(=O)(=O)c1ccc(C)cc1. The van der Waals surface area contributed by atoms with Crippen LogP contribution in [0.1, 0.15) is 34.9 Å². The minimum absolute atomic E-state index is 0.183. The van der Waals surface area contributed by atoms with Crippen LogP contribution in [0.5, 0.6) is 11.5 Å². The summed E-state index contributed by atoms with van der Waals surface area (Å²) in [7, 11) is -2.20. The molecule has 2 heterocycles. The Kier molecular flexibility index (Phi) is 7.55. The smallest absolute Gasteiger partial charge is 0.243 e. The lowest BCUT2D eigenvalue weighted by Crippen LogP contribution is -2.48. The van der Waals surface area contributed by atoms with Crippen molar-refractivity contribution in [3.63, 3.8) is 0 Å². The number of rotatable bonds is 10. The summed E-state index contributed by atoms with van der Waals surface area (Å²) in [5.74, 6) is 1.34. The van der Waals surface area contributed by atoms with Gasteiger partial charge >= 0.3 is 0 Å². The van der Waals surface area contributed by atoms with Gasteiger partial charge in [-0.1, -0.05) is 29.8 Å². The molecule has 0 saturated heterocycles. The Labute approximate surface area is 222 Å². The molecule has 5 rings (SSSR count). The fourth-order valence-electron chi connectivity index (χ4n) is 4.72. The normalized spacial score (nSPS) is 17.5. The topological polar surface area (TPSA) is 76.2 Å². The van der Waals surface area contributed by atoms with E-state index in [2.05, 4.69) is 0 Å². The molecule has 7 nitrogen and oxygen atoms in total. The van der Waals surface area contributed by atoms with E-state index < -0.39 is 10.0 Å². The third-order valence-corrected chi connectivity index (χ3v) is 9.83. The van der Waals surface area contributed by atoms with Crippen LogP contribution < -0.4 is 9.47 Å². The summed E-state index contributed by atoms with van der Waals surface area (Å²) in [6.45, 7) is 2.88. The molecule has 3 aromatic rings. The van der Waals surface area contributed by atoms with Crippen molar-refractivity contribution in [3.05, 3.63) is 76.0 Å². The molecule has 1 atom stereocenters. The highest BCUT2D eigenvalue weighted by molar-refractivity contribution is 7.89. The highest BCUT2D eigenvalue weighted by atomic mass is 32.2. The largest absolute Gasteiger partial charge is 0.493 e. The Morgan fingerprint density at radius 1 is 1.08 bits per heavy atom. The van der Waals surface area contributed by atoms with Gasteiger partial charge in [0.2, 0.25) is 15.9 Å². The second kappa shape index (κ2) is 10.8. The number of benzene rings is 2. The van der Waals surface area contributed by atoms with Crippen LogP contribution in [-0.4, -0.2) is 56.9 Å². The molecule has 0 spiro atoms. The van der Waals surface area contributed by atoms with Crippen LogP contribution in [0.4, 0.5) is 0 Å². The summed E-state index contributed by atoms with van der Waals surface area (Å²) in [6.07, 6.45) is 2.73. The lowest BCUT2D eigenvalue weighted by Gasteiger charge is -2.37. The molecule has 1 saturated carbocycles. The molecule has 2 aliphatic rings. The maximum absolute atomic E-state index is 13.8. The van der Waals surface area contributed by atoms with Crippen molar-refractivity contribution < 1.29 is 22.7 Å². The third kappa shape index (κ3) is 5.68. The summed E-state index contributed by atoms with van der Waals surface area (Å²) < 4.78 is 40.1. The number of carbonyl (C=O) groups is 1. The average Bonchev–Trinajstić information content (AvgIpc) is 3.59. The van der Waals surface area contributed by atoms with Crippen LogP contribution >= 0.6 is 11.3 Å². The van der Waals surface area contributed by atoms with E-state index in [-0.39, 0.29) is 30.0 Å². The summed E-state index contributed by atoms with van der Waals surface area (Å²) in [5, 5.41) is 2.04. The number of para-hydroxylation sites is 2. The molecule has 9 heteroatoms. The van der Waals surface area contributed by atoms with Crippen molar-refractivity contribution in [1.29, 1.82) is 0 Å². The van der Waals surface area contributed by atoms with Crippen molar-refractivity contribution in [2.75, 3.05) is 33.4 Å². The van der Waals surface area contributed by atoms with Gasteiger partial charge in [0.1, 0.15) is 6.61 Å². The van der Waals surface area contributed by atoms with E-state index in [4.69, 9.17) is 9.47 Å². The maximum Gasteiger partial charge on any atom is 0.243 e. The Morgan fingerprint density at radius 2 is 1.81 bits per heavy atom. The van der Waals surface area contributed by atoms with Gasteiger partial charge in [-0.05, 0) is 73.4 Å². The van der Waals surface area contributed by atoms with Crippen molar-refractivity contribution in [2.24, 2.45) is 5.92 Å². The number of nitrogens with zero attached hydrogens (tertiary/aromatic N) is 2. The second-order valence-electron chi connectivity index (χ2n) is 9.67. The average molecular weight is 541 g/mol. The first kappa shape index (κ1) is 25.8. The van der Waals surface area contributed by atoms with Crippen LogP contribution in [0.15, 0.2) is 64.9 Å². The molecule has 1 amide bonds. The van der Waals surface area contributed by atoms with Gasteiger partial charge in [0, 0.05) is 18.0 Å². The minimum Gasteiger partial charge on any atom is -0.493 e. The molecule has 1 aliphatic heterocycles. The number of thiophene rings is 1. The number of methoxy groups -OCH3 is 1. The van der Waals surface area contributed by atoms with E-state index in [0.29, 0.717) is 30.5 Å². The van der Waals surface area contributed by atoms with E-state index in [9.17, 15) is 13.2 Å². The quantitative estimate of drug-likeness (QED) is 0.374. The predicted molar refractivity (Wildman–Crippen MR) is 144 cm³/mol. The van der Waals surface area contributed by atoms with Gasteiger partial charge in [0.05, 0.1) is 24.6 Å². The zero-order valence-electron chi connectivity index (χ0n) is 21.1. The number of amides is 1. The first-order valence-electron chi connectivity index (χ1n) is 12.5. The number of sulfonamides is 1. The fraction of sp³-hybridized carbons (Fsp3) is 0.393. The van der Waals surface area contributed by atoms with E-state index in [0.717, 1.165) is 30.4 Å². The molecule has 37 heavy (non-hydrogen) atoms. The second-order valence-corrected chi connectivity index (χ2v) is 12.6. The summed E-state index contributed by atoms with van der Waals surface area (Å²) in [5.41, 5.74) is 2.05. The Morgan fingerprint density at radius 3 is 2.51 bits per heavy atom. The van der Waals surface area contributed by atoms with Gasteiger partial charge < -0.3 is 14.4 Å². The first-order valence-corrected chi connectivity index (χ1v) is 14.9. The lowest BCUT2D eigenvalue weighted by atomic mass is 10.0. The molecule has 1 aliphatic carbocycles.